The molecule has 1 heterocycles. The summed E-state index contributed by atoms with van der Waals surface area (Å²) in [6.45, 7) is 5.60. The zero-order valence-corrected chi connectivity index (χ0v) is 16.4. The van der Waals surface area contributed by atoms with Crippen LogP contribution >= 0.6 is 15.9 Å². The zero-order chi connectivity index (χ0) is 18.6. The molecule has 25 heavy (non-hydrogen) atoms. The van der Waals surface area contributed by atoms with Gasteiger partial charge in [0.15, 0.2) is 0 Å². The van der Waals surface area contributed by atoms with Gasteiger partial charge >= 0.3 is 6.03 Å². The van der Waals surface area contributed by atoms with E-state index in [4.69, 9.17) is 0 Å². The predicted molar refractivity (Wildman–Crippen MR) is 98.9 cm³/mol. The lowest BCUT2D eigenvalue weighted by atomic mass is 10.0. The van der Waals surface area contributed by atoms with Crippen LogP contribution < -0.4 is 10.6 Å². The van der Waals surface area contributed by atoms with Crippen molar-refractivity contribution in [3.63, 3.8) is 0 Å². The Morgan fingerprint density at radius 3 is 2.44 bits per heavy atom. The van der Waals surface area contributed by atoms with Gasteiger partial charge in [0.05, 0.1) is 6.04 Å². The molecule has 7 heteroatoms. The molecule has 6 nitrogen and oxygen atoms in total. The number of nitrogens with zero attached hydrogens (tertiary/aromatic N) is 1. The van der Waals surface area contributed by atoms with Crippen LogP contribution in [0.2, 0.25) is 0 Å². The van der Waals surface area contributed by atoms with Gasteiger partial charge in [0.1, 0.15) is 5.54 Å². The van der Waals surface area contributed by atoms with E-state index in [1.807, 2.05) is 31.2 Å². The van der Waals surface area contributed by atoms with Crippen molar-refractivity contribution < 1.29 is 14.4 Å². The minimum Gasteiger partial charge on any atom is -0.349 e. The quantitative estimate of drug-likeness (QED) is 0.678. The van der Waals surface area contributed by atoms with Gasteiger partial charge in [-0.05, 0) is 44.4 Å². The highest BCUT2D eigenvalue weighted by atomic mass is 79.9. The number of rotatable bonds is 7. The molecule has 1 aromatic rings. The summed E-state index contributed by atoms with van der Waals surface area (Å²) >= 11 is 3.40. The minimum absolute atomic E-state index is 0.0451. The van der Waals surface area contributed by atoms with Crippen LogP contribution in [0, 0.1) is 0 Å². The summed E-state index contributed by atoms with van der Waals surface area (Å²) in [5.41, 5.74) is 0.184. The first-order valence-electron chi connectivity index (χ1n) is 8.43. The van der Waals surface area contributed by atoms with Crippen molar-refractivity contribution in [1.29, 1.82) is 0 Å². The summed E-state index contributed by atoms with van der Waals surface area (Å²) in [5.74, 6) is -0.333. The third-order valence-electron chi connectivity index (χ3n) is 4.25. The summed E-state index contributed by atoms with van der Waals surface area (Å²) in [4.78, 5) is 37.3. The van der Waals surface area contributed by atoms with Gasteiger partial charge in [-0.1, -0.05) is 35.0 Å². The van der Waals surface area contributed by atoms with E-state index in [2.05, 4.69) is 26.6 Å². The van der Waals surface area contributed by atoms with Gasteiger partial charge in [-0.25, -0.2) is 4.79 Å². The van der Waals surface area contributed by atoms with Crippen LogP contribution in [0.25, 0.3) is 0 Å². The molecule has 2 rings (SSSR count). The summed E-state index contributed by atoms with van der Waals surface area (Å²) in [7, 11) is 0. The first-order valence-corrected chi connectivity index (χ1v) is 9.23. The fourth-order valence-corrected chi connectivity index (χ4v) is 3.07. The van der Waals surface area contributed by atoms with Gasteiger partial charge in [0, 0.05) is 17.4 Å². The largest absolute Gasteiger partial charge is 0.349 e. The lowest BCUT2D eigenvalue weighted by Gasteiger charge is -2.18. The Labute approximate surface area is 156 Å². The van der Waals surface area contributed by atoms with E-state index in [0.29, 0.717) is 6.42 Å². The number of imide groups is 1. The molecule has 1 atom stereocenters. The molecular formula is C18H24BrN3O3. The molecule has 0 spiro atoms. The average Bonchev–Trinajstić information content (AvgIpc) is 2.75. The second-order valence-corrected chi connectivity index (χ2v) is 7.61. The summed E-state index contributed by atoms with van der Waals surface area (Å²) in [6.07, 6.45) is 1.50. The van der Waals surface area contributed by atoms with E-state index in [9.17, 15) is 14.4 Å². The number of hydrogen-bond donors (Lipinski definition) is 2. The zero-order valence-electron chi connectivity index (χ0n) is 14.8. The Balaban J connectivity index is 1.83. The lowest BCUT2D eigenvalue weighted by molar-refractivity contribution is -0.130. The summed E-state index contributed by atoms with van der Waals surface area (Å²) < 4.78 is 0.994. The van der Waals surface area contributed by atoms with Crippen molar-refractivity contribution in [3.05, 3.63) is 34.3 Å². The highest BCUT2D eigenvalue weighted by Gasteiger charge is 2.43. The Kier molecular flexibility index (Phi) is 6.21. The third-order valence-corrected chi connectivity index (χ3v) is 4.77. The molecule has 136 valence electrons. The van der Waals surface area contributed by atoms with Crippen molar-refractivity contribution in [2.24, 2.45) is 0 Å². The van der Waals surface area contributed by atoms with Gasteiger partial charge in [-0.2, -0.15) is 0 Å². The number of hydrogen-bond acceptors (Lipinski definition) is 3. The number of halogens is 1. The molecular weight excluding hydrogens is 386 g/mol. The molecule has 1 aliphatic heterocycles. The van der Waals surface area contributed by atoms with Crippen LogP contribution in [-0.2, 0) is 9.59 Å². The molecule has 0 aromatic heterocycles. The molecule has 2 N–H and O–H groups in total. The molecule has 4 amide bonds. The van der Waals surface area contributed by atoms with Crippen LogP contribution in [0.5, 0.6) is 0 Å². The smallest absolute Gasteiger partial charge is 0.325 e. The fraction of sp³-hybridized carbons (Fsp3) is 0.500. The van der Waals surface area contributed by atoms with Crippen LogP contribution in [-0.4, -0.2) is 34.8 Å². The number of carbonyl (C=O) groups is 3. The number of urea groups is 1. The van der Waals surface area contributed by atoms with E-state index < -0.39 is 11.6 Å². The molecule has 1 saturated heterocycles. The van der Waals surface area contributed by atoms with Crippen LogP contribution in [0.15, 0.2) is 28.7 Å². The second-order valence-electron chi connectivity index (χ2n) is 6.70. The van der Waals surface area contributed by atoms with E-state index in [0.717, 1.165) is 16.5 Å². The second kappa shape index (κ2) is 7.99. The Morgan fingerprint density at radius 2 is 1.92 bits per heavy atom. The Hall–Kier alpha value is -1.89. The molecule has 0 bridgehead atoms. The summed E-state index contributed by atoms with van der Waals surface area (Å²) in [5, 5.41) is 5.64. The molecule has 1 unspecified atom stereocenters. The number of nitrogens with one attached hydrogen (secondary N) is 2. The van der Waals surface area contributed by atoms with Gasteiger partial charge in [-0.3, -0.25) is 14.5 Å². The maximum atomic E-state index is 12.2. The van der Waals surface area contributed by atoms with Crippen molar-refractivity contribution >= 4 is 33.8 Å². The monoisotopic (exact) mass is 409 g/mol. The highest BCUT2D eigenvalue weighted by Crippen LogP contribution is 2.20. The van der Waals surface area contributed by atoms with Crippen LogP contribution in [0.1, 0.15) is 51.6 Å². The minimum atomic E-state index is -0.867. The normalized spacial score (nSPS) is 17.4. The Bertz CT molecular complexity index is 658. The summed E-state index contributed by atoms with van der Waals surface area (Å²) in [6, 6.07) is 7.42. The van der Waals surface area contributed by atoms with Crippen molar-refractivity contribution in [2.75, 3.05) is 6.54 Å². The van der Waals surface area contributed by atoms with Crippen LogP contribution in [0.4, 0.5) is 4.79 Å². The number of amides is 4. The number of benzene rings is 1. The first kappa shape index (κ1) is 19.4. The van der Waals surface area contributed by atoms with Crippen molar-refractivity contribution in [3.8, 4) is 0 Å². The SMILES string of the molecule is CCC(NC(=O)CCCN1C(=O)NC(C)(C)C1=O)c1ccc(Br)cc1. The van der Waals surface area contributed by atoms with E-state index >= 15 is 0 Å². The van der Waals surface area contributed by atoms with Gasteiger partial charge in [-0.15, -0.1) is 0 Å². The first-order chi connectivity index (χ1) is 11.7. The third kappa shape index (κ3) is 4.81. The maximum absolute atomic E-state index is 12.2. The standard InChI is InChI=1S/C18H24BrN3O3/c1-4-14(12-7-9-13(19)10-8-12)20-15(23)6-5-11-22-16(24)18(2,3)21-17(22)25/h7-10,14H,4-6,11H2,1-3H3,(H,20,23)(H,21,25). The fourth-order valence-electron chi connectivity index (χ4n) is 2.80. The van der Waals surface area contributed by atoms with Gasteiger partial charge in [0.2, 0.25) is 5.91 Å². The van der Waals surface area contributed by atoms with E-state index in [-0.39, 0.29) is 30.8 Å². The number of carbonyl (C=O) groups excluding carboxylic acids is 3. The topological polar surface area (TPSA) is 78.5 Å². The predicted octanol–water partition coefficient (Wildman–Crippen LogP) is 3.13. The van der Waals surface area contributed by atoms with Crippen LogP contribution in [0.3, 0.4) is 0 Å². The molecule has 1 aliphatic rings. The maximum Gasteiger partial charge on any atom is 0.325 e. The van der Waals surface area contributed by atoms with Crippen molar-refractivity contribution in [1.82, 2.24) is 15.5 Å². The average molecular weight is 410 g/mol. The molecule has 1 fully saturated rings. The molecule has 0 saturated carbocycles. The molecule has 0 radical (unpaired) electrons. The van der Waals surface area contributed by atoms with Gasteiger partial charge in [0.25, 0.3) is 5.91 Å². The molecule has 1 aromatic carbocycles. The Morgan fingerprint density at radius 1 is 1.28 bits per heavy atom. The molecule has 0 aliphatic carbocycles. The highest BCUT2D eigenvalue weighted by molar-refractivity contribution is 9.10. The van der Waals surface area contributed by atoms with Crippen molar-refractivity contribution in [2.45, 2.75) is 51.6 Å². The lowest BCUT2D eigenvalue weighted by Crippen LogP contribution is -2.40. The van der Waals surface area contributed by atoms with Gasteiger partial charge < -0.3 is 10.6 Å². The van der Waals surface area contributed by atoms with E-state index in [1.165, 1.54) is 4.90 Å². The van der Waals surface area contributed by atoms with E-state index in [1.54, 1.807) is 13.8 Å².